The summed E-state index contributed by atoms with van der Waals surface area (Å²) in [7, 11) is -3.64. The fourth-order valence-corrected chi connectivity index (χ4v) is 15.0. The van der Waals surface area contributed by atoms with E-state index in [2.05, 4.69) is 0 Å². The van der Waals surface area contributed by atoms with Gasteiger partial charge in [0.1, 0.15) is 0 Å². The molecule has 2 aliphatic heterocycles. The molecule has 0 aromatic heterocycles. The highest BCUT2D eigenvalue weighted by Gasteiger charge is 2.47. The maximum absolute atomic E-state index is 12.7. The van der Waals surface area contributed by atoms with Crippen LogP contribution in [0, 0.1) is 0 Å². The van der Waals surface area contributed by atoms with Gasteiger partial charge < -0.3 is 8.85 Å². The lowest BCUT2D eigenvalue weighted by molar-refractivity contribution is -0.131. The lowest BCUT2D eigenvalue weighted by atomic mass is 10.0. The minimum atomic E-state index is -4.07. The van der Waals surface area contributed by atoms with E-state index in [4.69, 9.17) is 8.85 Å². The molecule has 2 saturated heterocycles. The van der Waals surface area contributed by atoms with E-state index >= 15 is 0 Å². The number of alkyl halides is 3. The van der Waals surface area contributed by atoms with Gasteiger partial charge in [-0.2, -0.15) is 13.2 Å². The fourth-order valence-electron chi connectivity index (χ4n) is 3.70. The molecule has 0 aliphatic carbocycles. The molecule has 2 nitrogen and oxygen atoms in total. The lowest BCUT2D eigenvalue weighted by Crippen LogP contribution is -2.52. The first-order chi connectivity index (χ1) is 9.70. The zero-order valence-electron chi connectivity index (χ0n) is 13.1. The number of hydrogen-bond donors (Lipinski definition) is 0. The van der Waals surface area contributed by atoms with E-state index < -0.39 is 30.0 Å². The van der Waals surface area contributed by atoms with Crippen molar-refractivity contribution in [1.29, 1.82) is 0 Å². The Kier molecular flexibility index (Phi) is 5.60. The smallest absolute Gasteiger partial charge is 0.388 e. The van der Waals surface area contributed by atoms with Gasteiger partial charge in [-0.05, 0) is 50.5 Å². The minimum Gasteiger partial charge on any atom is -0.420 e. The van der Waals surface area contributed by atoms with Crippen LogP contribution in [0.3, 0.4) is 0 Å². The molecule has 2 rings (SSSR count). The van der Waals surface area contributed by atoms with Crippen LogP contribution in [0.5, 0.6) is 0 Å². The van der Waals surface area contributed by atoms with Crippen LogP contribution in [0.4, 0.5) is 13.2 Å². The van der Waals surface area contributed by atoms with Gasteiger partial charge in [-0.15, -0.1) is 0 Å². The van der Waals surface area contributed by atoms with Crippen molar-refractivity contribution in [1.82, 2.24) is 0 Å². The summed E-state index contributed by atoms with van der Waals surface area (Å²) in [5, 5.41) is 0. The van der Waals surface area contributed by atoms with Gasteiger partial charge in [0.2, 0.25) is 0 Å². The molecule has 2 aliphatic rings. The third-order valence-corrected chi connectivity index (χ3v) is 14.6. The monoisotopic (exact) mass is 340 g/mol. The molecule has 0 amide bonds. The second kappa shape index (κ2) is 6.72. The zero-order chi connectivity index (χ0) is 15.6. The maximum Gasteiger partial charge on any atom is 0.388 e. The standard InChI is InChI=1S/C14H27F3O2Si2/c1-13(2)6-5-10-21(19-13,11-7-14(15,16)17)12-20-9-4-3-8-18-20/h20H,3-12H2,1-2H3. The van der Waals surface area contributed by atoms with Crippen molar-refractivity contribution in [2.24, 2.45) is 0 Å². The molecule has 0 radical (unpaired) electrons. The van der Waals surface area contributed by atoms with Crippen molar-refractivity contribution in [3.63, 3.8) is 0 Å². The summed E-state index contributed by atoms with van der Waals surface area (Å²) >= 11 is 0. The van der Waals surface area contributed by atoms with E-state index in [1.165, 1.54) is 6.42 Å². The van der Waals surface area contributed by atoms with E-state index in [-0.39, 0.29) is 11.6 Å². The third kappa shape index (κ3) is 5.69. The molecule has 2 fully saturated rings. The quantitative estimate of drug-likeness (QED) is 0.699. The summed E-state index contributed by atoms with van der Waals surface area (Å²) < 4.78 is 50.4. The van der Waals surface area contributed by atoms with Crippen LogP contribution in [0.1, 0.15) is 46.0 Å². The van der Waals surface area contributed by atoms with E-state index in [1.807, 2.05) is 13.8 Å². The average Bonchev–Trinajstić information content (AvgIpc) is 2.36. The SMILES string of the molecule is CC1(C)CCC[Si](CCC(F)(F)F)(C[SiH]2CCCCO2)O1. The first-order valence-corrected chi connectivity index (χ1v) is 12.7. The van der Waals surface area contributed by atoms with E-state index in [1.54, 1.807) is 0 Å². The predicted octanol–water partition coefficient (Wildman–Crippen LogP) is 4.55. The fraction of sp³-hybridized carbons (Fsp3) is 1.00. The summed E-state index contributed by atoms with van der Waals surface area (Å²) in [5.74, 6) is 0. The zero-order valence-corrected chi connectivity index (χ0v) is 15.3. The van der Waals surface area contributed by atoms with Crippen molar-refractivity contribution in [2.45, 2.75) is 81.5 Å². The Morgan fingerprint density at radius 2 is 1.95 bits per heavy atom. The van der Waals surface area contributed by atoms with E-state index in [0.29, 0.717) is 0 Å². The van der Waals surface area contributed by atoms with Crippen LogP contribution in [-0.2, 0) is 8.85 Å². The molecule has 0 aromatic carbocycles. The highest BCUT2D eigenvalue weighted by Crippen LogP contribution is 2.41. The van der Waals surface area contributed by atoms with Gasteiger partial charge in [0.15, 0.2) is 17.4 Å². The molecular formula is C14H27F3O2Si2. The lowest BCUT2D eigenvalue weighted by Gasteiger charge is -2.46. The van der Waals surface area contributed by atoms with Crippen LogP contribution in [0.25, 0.3) is 0 Å². The molecule has 0 aromatic rings. The Bertz CT molecular complexity index is 344. The molecule has 0 saturated carbocycles. The summed E-state index contributed by atoms with van der Waals surface area (Å²) in [6.07, 6.45) is -0.494. The van der Waals surface area contributed by atoms with Gasteiger partial charge in [-0.25, -0.2) is 0 Å². The van der Waals surface area contributed by atoms with Crippen LogP contribution in [0.2, 0.25) is 23.8 Å². The average molecular weight is 341 g/mol. The third-order valence-electron chi connectivity index (χ3n) is 4.64. The Balaban J connectivity index is 2.05. The second-order valence-electron chi connectivity index (χ2n) is 7.21. The molecule has 0 spiro atoms. The van der Waals surface area contributed by atoms with Gasteiger partial charge >= 0.3 is 6.18 Å². The molecule has 124 valence electrons. The summed E-state index contributed by atoms with van der Waals surface area (Å²) in [4.78, 5) is 0. The van der Waals surface area contributed by atoms with Crippen molar-refractivity contribution in [3.05, 3.63) is 0 Å². The Morgan fingerprint density at radius 1 is 1.19 bits per heavy atom. The molecule has 2 unspecified atom stereocenters. The molecule has 0 bridgehead atoms. The van der Waals surface area contributed by atoms with Crippen molar-refractivity contribution in [3.8, 4) is 0 Å². The molecule has 2 heterocycles. The largest absolute Gasteiger partial charge is 0.420 e. The van der Waals surface area contributed by atoms with E-state index in [9.17, 15) is 13.2 Å². The topological polar surface area (TPSA) is 18.5 Å². The van der Waals surface area contributed by atoms with Crippen LogP contribution < -0.4 is 0 Å². The van der Waals surface area contributed by atoms with Crippen LogP contribution >= 0.6 is 0 Å². The molecule has 21 heavy (non-hydrogen) atoms. The molecule has 2 atom stereocenters. The van der Waals surface area contributed by atoms with Crippen LogP contribution in [0.15, 0.2) is 0 Å². The predicted molar refractivity (Wildman–Crippen MR) is 82.4 cm³/mol. The number of rotatable bonds is 4. The van der Waals surface area contributed by atoms with Gasteiger partial charge in [0.25, 0.3) is 0 Å². The molecule has 0 N–H and O–H groups in total. The normalized spacial score (nSPS) is 33.9. The van der Waals surface area contributed by atoms with Crippen molar-refractivity contribution < 1.29 is 22.0 Å². The van der Waals surface area contributed by atoms with Gasteiger partial charge in [0.05, 0.1) is 5.60 Å². The Labute approximate surface area is 128 Å². The second-order valence-corrected chi connectivity index (χ2v) is 14.6. The highest BCUT2D eigenvalue weighted by molar-refractivity contribution is 6.84. The van der Waals surface area contributed by atoms with Crippen molar-refractivity contribution >= 4 is 17.4 Å². The van der Waals surface area contributed by atoms with Gasteiger partial charge in [-0.3, -0.25) is 0 Å². The minimum absolute atomic E-state index is 0.229. The highest BCUT2D eigenvalue weighted by atomic mass is 28.4. The van der Waals surface area contributed by atoms with Crippen LogP contribution in [-0.4, -0.2) is 35.7 Å². The van der Waals surface area contributed by atoms with Crippen molar-refractivity contribution in [2.75, 3.05) is 6.61 Å². The molecular weight excluding hydrogens is 313 g/mol. The summed E-state index contributed by atoms with van der Waals surface area (Å²) in [5.41, 5.74) is 0.631. The van der Waals surface area contributed by atoms with Gasteiger partial charge in [-0.1, -0.05) is 12.8 Å². The molecule has 7 heteroatoms. The number of halogens is 3. The van der Waals surface area contributed by atoms with E-state index in [0.717, 1.165) is 43.6 Å². The maximum atomic E-state index is 12.7. The summed E-state index contributed by atoms with van der Waals surface area (Å²) in [6.45, 7) is 4.87. The first-order valence-electron chi connectivity index (χ1n) is 8.08. The first kappa shape index (κ1) is 17.5. The summed E-state index contributed by atoms with van der Waals surface area (Å²) in [6, 6.07) is 2.23. The Morgan fingerprint density at radius 3 is 2.52 bits per heavy atom. The van der Waals surface area contributed by atoms with Gasteiger partial charge in [0, 0.05) is 13.0 Å². The Hall–Kier alpha value is 0.144. The number of hydrogen-bond acceptors (Lipinski definition) is 2.